The molecule has 1 rings (SSSR count). The summed E-state index contributed by atoms with van der Waals surface area (Å²) in [5.74, 6) is -0.171. The number of hydrogen-bond acceptors (Lipinski definition) is 3. The second kappa shape index (κ2) is 4.43. The van der Waals surface area contributed by atoms with Crippen LogP contribution >= 0.6 is 15.9 Å². The molecule has 1 atom stereocenters. The quantitative estimate of drug-likeness (QED) is 0.849. The van der Waals surface area contributed by atoms with Gasteiger partial charge in [-0.05, 0) is 28.9 Å². The third kappa shape index (κ3) is 2.86. The maximum Gasteiger partial charge on any atom is 0.320 e. The van der Waals surface area contributed by atoms with E-state index in [4.69, 9.17) is 9.52 Å². The lowest BCUT2D eigenvalue weighted by molar-refractivity contribution is -0.139. The SMILES string of the molecule is CC(NCc1occc1Br)C(=O)O. The third-order valence-electron chi connectivity index (χ3n) is 1.63. The Balaban J connectivity index is 2.44. The van der Waals surface area contributed by atoms with Crippen LogP contribution in [0.3, 0.4) is 0 Å². The van der Waals surface area contributed by atoms with Crippen molar-refractivity contribution < 1.29 is 14.3 Å². The largest absolute Gasteiger partial charge is 0.480 e. The first kappa shape index (κ1) is 10.3. The Labute approximate surface area is 84.1 Å². The fourth-order valence-corrected chi connectivity index (χ4v) is 1.13. The highest BCUT2D eigenvalue weighted by Crippen LogP contribution is 2.16. The molecule has 0 aromatic carbocycles. The molecule has 0 saturated carbocycles. The summed E-state index contributed by atoms with van der Waals surface area (Å²) >= 11 is 3.27. The van der Waals surface area contributed by atoms with Gasteiger partial charge in [0.1, 0.15) is 11.8 Å². The predicted octanol–water partition coefficient (Wildman–Crippen LogP) is 1.60. The average Bonchev–Trinajstić information content (AvgIpc) is 2.47. The van der Waals surface area contributed by atoms with Crippen molar-refractivity contribution in [1.82, 2.24) is 5.32 Å². The number of halogens is 1. The summed E-state index contributed by atoms with van der Waals surface area (Å²) in [5, 5.41) is 11.4. The van der Waals surface area contributed by atoms with Crippen molar-refractivity contribution in [2.75, 3.05) is 0 Å². The van der Waals surface area contributed by atoms with Gasteiger partial charge in [0.25, 0.3) is 0 Å². The highest BCUT2D eigenvalue weighted by molar-refractivity contribution is 9.10. The fourth-order valence-electron chi connectivity index (χ4n) is 0.784. The van der Waals surface area contributed by atoms with Gasteiger partial charge in [0.05, 0.1) is 17.3 Å². The van der Waals surface area contributed by atoms with Gasteiger partial charge in [-0.1, -0.05) is 0 Å². The van der Waals surface area contributed by atoms with Crippen LogP contribution in [0.2, 0.25) is 0 Å². The van der Waals surface area contributed by atoms with Gasteiger partial charge in [0, 0.05) is 0 Å². The van der Waals surface area contributed by atoms with Crippen molar-refractivity contribution in [3.63, 3.8) is 0 Å². The molecule has 0 fully saturated rings. The molecule has 1 aromatic rings. The molecule has 0 spiro atoms. The van der Waals surface area contributed by atoms with Crippen LogP contribution < -0.4 is 5.32 Å². The predicted molar refractivity (Wildman–Crippen MR) is 50.3 cm³/mol. The van der Waals surface area contributed by atoms with Crippen LogP contribution in [0, 0.1) is 0 Å². The lowest BCUT2D eigenvalue weighted by Gasteiger charge is -2.06. The molecule has 13 heavy (non-hydrogen) atoms. The normalized spacial score (nSPS) is 12.8. The summed E-state index contributed by atoms with van der Waals surface area (Å²) in [7, 11) is 0. The van der Waals surface area contributed by atoms with Crippen LogP contribution in [0.5, 0.6) is 0 Å². The minimum atomic E-state index is -0.873. The molecular weight excluding hydrogens is 238 g/mol. The van der Waals surface area contributed by atoms with E-state index in [-0.39, 0.29) is 0 Å². The molecule has 0 aliphatic carbocycles. The van der Waals surface area contributed by atoms with E-state index >= 15 is 0 Å². The van der Waals surface area contributed by atoms with E-state index in [1.165, 1.54) is 0 Å². The lowest BCUT2D eigenvalue weighted by Crippen LogP contribution is -2.33. The van der Waals surface area contributed by atoms with Gasteiger partial charge in [-0.3, -0.25) is 10.1 Å². The average molecular weight is 248 g/mol. The molecule has 0 aliphatic heterocycles. The van der Waals surface area contributed by atoms with Crippen molar-refractivity contribution >= 4 is 21.9 Å². The number of hydrogen-bond donors (Lipinski definition) is 2. The van der Waals surface area contributed by atoms with Crippen molar-refractivity contribution in [3.05, 3.63) is 22.6 Å². The number of carboxylic acid groups (broad SMARTS) is 1. The molecule has 1 aromatic heterocycles. The van der Waals surface area contributed by atoms with Crippen LogP contribution in [0.4, 0.5) is 0 Å². The summed E-state index contributed by atoms with van der Waals surface area (Å²) < 4.78 is 5.94. The Bertz CT molecular complexity index is 297. The number of nitrogens with one attached hydrogen (secondary N) is 1. The Hall–Kier alpha value is -0.810. The van der Waals surface area contributed by atoms with Crippen molar-refractivity contribution in [1.29, 1.82) is 0 Å². The molecule has 0 amide bonds. The van der Waals surface area contributed by atoms with Gasteiger partial charge < -0.3 is 9.52 Å². The number of carbonyl (C=O) groups is 1. The first-order valence-electron chi connectivity index (χ1n) is 3.79. The van der Waals surface area contributed by atoms with Crippen LogP contribution in [-0.4, -0.2) is 17.1 Å². The summed E-state index contributed by atoms with van der Waals surface area (Å²) in [6.07, 6.45) is 1.55. The van der Waals surface area contributed by atoms with E-state index in [0.29, 0.717) is 12.3 Å². The van der Waals surface area contributed by atoms with Crippen molar-refractivity contribution in [2.24, 2.45) is 0 Å². The Morgan fingerprint density at radius 1 is 1.85 bits per heavy atom. The van der Waals surface area contributed by atoms with Gasteiger partial charge >= 0.3 is 5.97 Å². The molecule has 5 heteroatoms. The zero-order chi connectivity index (χ0) is 9.84. The van der Waals surface area contributed by atoms with Gasteiger partial charge in [-0.25, -0.2) is 0 Å². The maximum atomic E-state index is 10.4. The van der Waals surface area contributed by atoms with Gasteiger partial charge in [0.2, 0.25) is 0 Å². The minimum absolute atomic E-state index is 0.404. The fraction of sp³-hybridized carbons (Fsp3) is 0.375. The molecule has 0 radical (unpaired) electrons. The van der Waals surface area contributed by atoms with Gasteiger partial charge in [0.15, 0.2) is 0 Å². The first-order valence-corrected chi connectivity index (χ1v) is 4.58. The van der Waals surface area contributed by atoms with Gasteiger partial charge in [-0.15, -0.1) is 0 Å². The highest BCUT2D eigenvalue weighted by atomic mass is 79.9. The molecule has 1 unspecified atom stereocenters. The number of aliphatic carboxylic acids is 1. The molecule has 0 saturated heterocycles. The molecule has 4 nitrogen and oxygen atoms in total. The Kier molecular flexibility index (Phi) is 3.50. The maximum absolute atomic E-state index is 10.4. The smallest absolute Gasteiger partial charge is 0.320 e. The molecule has 0 aliphatic rings. The van der Waals surface area contributed by atoms with Crippen molar-refractivity contribution in [3.8, 4) is 0 Å². The zero-order valence-electron chi connectivity index (χ0n) is 7.08. The monoisotopic (exact) mass is 247 g/mol. The second-order valence-corrected chi connectivity index (χ2v) is 3.49. The lowest BCUT2D eigenvalue weighted by atomic mass is 10.3. The number of furan rings is 1. The zero-order valence-corrected chi connectivity index (χ0v) is 8.67. The number of rotatable bonds is 4. The summed E-state index contributed by atoms with van der Waals surface area (Å²) in [5.41, 5.74) is 0. The van der Waals surface area contributed by atoms with E-state index in [2.05, 4.69) is 21.2 Å². The van der Waals surface area contributed by atoms with Crippen molar-refractivity contribution in [2.45, 2.75) is 19.5 Å². The van der Waals surface area contributed by atoms with Crippen LogP contribution in [0.15, 0.2) is 21.2 Å². The van der Waals surface area contributed by atoms with Gasteiger partial charge in [-0.2, -0.15) is 0 Å². The number of carboxylic acids is 1. The summed E-state index contributed by atoms with van der Waals surface area (Å²) in [6.45, 7) is 1.99. The van der Waals surface area contributed by atoms with E-state index in [1.54, 1.807) is 19.3 Å². The minimum Gasteiger partial charge on any atom is -0.480 e. The topological polar surface area (TPSA) is 62.5 Å². The molecule has 1 heterocycles. The summed E-state index contributed by atoms with van der Waals surface area (Å²) in [6, 6.07) is 1.19. The van der Waals surface area contributed by atoms with E-state index in [0.717, 1.165) is 4.47 Å². The van der Waals surface area contributed by atoms with Crippen LogP contribution in [-0.2, 0) is 11.3 Å². The van der Waals surface area contributed by atoms with E-state index in [1.807, 2.05) is 0 Å². The molecule has 72 valence electrons. The Morgan fingerprint density at radius 3 is 3.00 bits per heavy atom. The Morgan fingerprint density at radius 2 is 2.54 bits per heavy atom. The summed E-state index contributed by atoms with van der Waals surface area (Å²) in [4.78, 5) is 10.4. The van der Waals surface area contributed by atoms with E-state index in [9.17, 15) is 4.79 Å². The third-order valence-corrected chi connectivity index (χ3v) is 2.34. The standard InChI is InChI=1S/C8H10BrNO3/c1-5(8(11)12)10-4-7-6(9)2-3-13-7/h2-3,5,10H,4H2,1H3,(H,11,12). The van der Waals surface area contributed by atoms with Crippen LogP contribution in [0.1, 0.15) is 12.7 Å². The second-order valence-electron chi connectivity index (χ2n) is 2.63. The van der Waals surface area contributed by atoms with Crippen LogP contribution in [0.25, 0.3) is 0 Å². The van der Waals surface area contributed by atoms with E-state index < -0.39 is 12.0 Å². The highest BCUT2D eigenvalue weighted by Gasteiger charge is 2.11. The molecule has 0 bridgehead atoms. The molecule has 2 N–H and O–H groups in total. The first-order chi connectivity index (χ1) is 6.11. The molecular formula is C8H10BrNO3.